The van der Waals surface area contributed by atoms with Crippen LogP contribution in [0.15, 0.2) is 30.5 Å². The molecular weight excluding hydrogens is 235 g/mol. The lowest BCUT2D eigenvalue weighted by atomic mass is 10.3. The van der Waals surface area contributed by atoms with Crippen molar-refractivity contribution in [3.05, 3.63) is 42.0 Å². The number of hydrogen-bond acceptors (Lipinski definition) is 4. The van der Waals surface area contributed by atoms with Crippen molar-refractivity contribution in [1.82, 2.24) is 15.0 Å². The topological polar surface area (TPSA) is 63.0 Å². The Balaban J connectivity index is 1.86. The lowest BCUT2D eigenvalue weighted by Crippen LogP contribution is -2.01. The first-order valence-electron chi connectivity index (χ1n) is 5.77. The fourth-order valence-electron chi connectivity index (χ4n) is 1.52. The summed E-state index contributed by atoms with van der Waals surface area (Å²) in [7, 11) is 0. The van der Waals surface area contributed by atoms with Gasteiger partial charge in [-0.15, -0.1) is 5.10 Å². The van der Waals surface area contributed by atoms with E-state index in [4.69, 9.17) is 5.11 Å². The van der Waals surface area contributed by atoms with Gasteiger partial charge in [0.25, 0.3) is 0 Å². The Morgan fingerprint density at radius 1 is 1.28 bits per heavy atom. The molecular formula is C12H15FN4O. The van der Waals surface area contributed by atoms with Crippen molar-refractivity contribution in [3.63, 3.8) is 0 Å². The third-order valence-electron chi connectivity index (χ3n) is 2.45. The number of aryl methyl sites for hydroxylation is 1. The van der Waals surface area contributed by atoms with Crippen molar-refractivity contribution in [2.75, 3.05) is 11.9 Å². The number of aliphatic hydroxyl groups excluding tert-OH is 1. The van der Waals surface area contributed by atoms with Gasteiger partial charge in [-0.2, -0.15) is 0 Å². The SMILES string of the molecule is OCCCn1cc(CNc2ccc(F)cc2)nn1. The van der Waals surface area contributed by atoms with Crippen molar-refractivity contribution >= 4 is 5.69 Å². The molecule has 2 aromatic rings. The van der Waals surface area contributed by atoms with Gasteiger partial charge >= 0.3 is 0 Å². The summed E-state index contributed by atoms with van der Waals surface area (Å²) in [6, 6.07) is 6.15. The molecule has 0 amide bonds. The van der Waals surface area contributed by atoms with E-state index in [9.17, 15) is 4.39 Å². The maximum Gasteiger partial charge on any atom is 0.123 e. The van der Waals surface area contributed by atoms with Crippen LogP contribution in [0.1, 0.15) is 12.1 Å². The van der Waals surface area contributed by atoms with Crippen molar-refractivity contribution in [3.8, 4) is 0 Å². The molecule has 0 radical (unpaired) electrons. The Morgan fingerprint density at radius 2 is 2.06 bits per heavy atom. The highest BCUT2D eigenvalue weighted by Gasteiger charge is 2.00. The Labute approximate surface area is 104 Å². The summed E-state index contributed by atoms with van der Waals surface area (Å²) in [5, 5.41) is 19.8. The second kappa shape index (κ2) is 6.11. The molecule has 0 aliphatic rings. The van der Waals surface area contributed by atoms with Crippen LogP contribution in [0.4, 0.5) is 10.1 Å². The van der Waals surface area contributed by atoms with Crippen LogP contribution in [-0.2, 0) is 13.1 Å². The van der Waals surface area contributed by atoms with Gasteiger partial charge in [-0.1, -0.05) is 5.21 Å². The molecule has 6 heteroatoms. The summed E-state index contributed by atoms with van der Waals surface area (Å²) in [4.78, 5) is 0. The third kappa shape index (κ3) is 3.53. The van der Waals surface area contributed by atoms with Gasteiger partial charge in [0.1, 0.15) is 11.5 Å². The molecule has 0 saturated carbocycles. The van der Waals surface area contributed by atoms with Crippen LogP contribution < -0.4 is 5.32 Å². The molecule has 5 nitrogen and oxygen atoms in total. The number of rotatable bonds is 6. The molecule has 1 heterocycles. The summed E-state index contributed by atoms with van der Waals surface area (Å²) in [5.41, 5.74) is 1.64. The Morgan fingerprint density at radius 3 is 2.78 bits per heavy atom. The van der Waals surface area contributed by atoms with E-state index in [1.807, 2.05) is 6.20 Å². The molecule has 0 saturated heterocycles. The van der Waals surface area contributed by atoms with Gasteiger partial charge < -0.3 is 10.4 Å². The van der Waals surface area contributed by atoms with Crippen LogP contribution >= 0.6 is 0 Å². The Kier molecular flexibility index (Phi) is 4.25. The van der Waals surface area contributed by atoms with E-state index in [-0.39, 0.29) is 12.4 Å². The number of anilines is 1. The van der Waals surface area contributed by atoms with Crippen molar-refractivity contribution in [2.45, 2.75) is 19.5 Å². The number of aliphatic hydroxyl groups is 1. The van der Waals surface area contributed by atoms with Crippen LogP contribution in [0, 0.1) is 5.82 Å². The fraction of sp³-hybridized carbons (Fsp3) is 0.333. The quantitative estimate of drug-likeness (QED) is 0.813. The molecule has 0 aliphatic heterocycles. The highest BCUT2D eigenvalue weighted by Crippen LogP contribution is 2.09. The maximum absolute atomic E-state index is 12.7. The van der Waals surface area contributed by atoms with Gasteiger partial charge in [0.15, 0.2) is 0 Å². The van der Waals surface area contributed by atoms with Crippen molar-refractivity contribution < 1.29 is 9.50 Å². The second-order valence-corrected chi connectivity index (χ2v) is 3.91. The van der Waals surface area contributed by atoms with Crippen LogP contribution in [0.2, 0.25) is 0 Å². The van der Waals surface area contributed by atoms with Crippen LogP contribution in [0.25, 0.3) is 0 Å². The number of aromatic nitrogens is 3. The molecule has 1 aromatic carbocycles. The lowest BCUT2D eigenvalue weighted by molar-refractivity contribution is 0.276. The summed E-state index contributed by atoms with van der Waals surface area (Å²) >= 11 is 0. The molecule has 18 heavy (non-hydrogen) atoms. The molecule has 0 spiro atoms. The monoisotopic (exact) mass is 250 g/mol. The van der Waals surface area contributed by atoms with Crippen molar-refractivity contribution in [1.29, 1.82) is 0 Å². The van der Waals surface area contributed by atoms with E-state index >= 15 is 0 Å². The molecule has 0 unspecified atom stereocenters. The number of benzene rings is 1. The number of halogens is 1. The zero-order chi connectivity index (χ0) is 12.8. The van der Waals surface area contributed by atoms with E-state index in [1.54, 1.807) is 16.8 Å². The van der Waals surface area contributed by atoms with E-state index in [1.165, 1.54) is 12.1 Å². The zero-order valence-electron chi connectivity index (χ0n) is 9.88. The lowest BCUT2D eigenvalue weighted by Gasteiger charge is -2.03. The first-order chi connectivity index (χ1) is 8.78. The summed E-state index contributed by atoms with van der Waals surface area (Å²) < 4.78 is 14.4. The number of hydrogen-bond donors (Lipinski definition) is 2. The minimum absolute atomic E-state index is 0.142. The van der Waals surface area contributed by atoms with E-state index < -0.39 is 0 Å². The first-order valence-corrected chi connectivity index (χ1v) is 5.77. The smallest absolute Gasteiger partial charge is 0.123 e. The van der Waals surface area contributed by atoms with Gasteiger partial charge in [-0.25, -0.2) is 4.39 Å². The van der Waals surface area contributed by atoms with Gasteiger partial charge in [0.2, 0.25) is 0 Å². The summed E-state index contributed by atoms with van der Waals surface area (Å²) in [5.74, 6) is -0.254. The van der Waals surface area contributed by atoms with E-state index in [0.717, 1.165) is 11.4 Å². The van der Waals surface area contributed by atoms with Crippen LogP contribution in [0.5, 0.6) is 0 Å². The average molecular weight is 250 g/mol. The van der Waals surface area contributed by atoms with Gasteiger partial charge in [-0.3, -0.25) is 4.68 Å². The molecule has 1 aromatic heterocycles. The van der Waals surface area contributed by atoms with Gasteiger partial charge in [0, 0.05) is 18.8 Å². The molecule has 0 atom stereocenters. The molecule has 0 aliphatic carbocycles. The predicted octanol–water partition coefficient (Wildman–Crippen LogP) is 1.41. The van der Waals surface area contributed by atoms with Crippen LogP contribution in [-0.4, -0.2) is 26.7 Å². The standard InChI is InChI=1S/C12H15FN4O/c13-10-2-4-11(5-3-10)14-8-12-9-17(16-15-12)6-1-7-18/h2-5,9,14,18H,1,6-8H2. The zero-order valence-corrected chi connectivity index (χ0v) is 9.88. The van der Waals surface area contributed by atoms with Crippen molar-refractivity contribution in [2.24, 2.45) is 0 Å². The molecule has 0 fully saturated rings. The number of nitrogens with zero attached hydrogens (tertiary/aromatic N) is 3. The fourth-order valence-corrected chi connectivity index (χ4v) is 1.52. The summed E-state index contributed by atoms with van der Waals surface area (Å²) in [6.45, 7) is 1.33. The Hall–Kier alpha value is -1.95. The largest absolute Gasteiger partial charge is 0.396 e. The first kappa shape index (κ1) is 12.5. The minimum atomic E-state index is -0.254. The highest BCUT2D eigenvalue weighted by molar-refractivity contribution is 5.42. The molecule has 2 N–H and O–H groups in total. The average Bonchev–Trinajstić information content (AvgIpc) is 2.84. The molecule has 96 valence electrons. The van der Waals surface area contributed by atoms with E-state index in [0.29, 0.717) is 19.5 Å². The van der Waals surface area contributed by atoms with E-state index in [2.05, 4.69) is 15.6 Å². The molecule has 0 bridgehead atoms. The number of nitrogens with one attached hydrogen (secondary N) is 1. The van der Waals surface area contributed by atoms with Gasteiger partial charge in [-0.05, 0) is 30.7 Å². The normalized spacial score (nSPS) is 10.6. The van der Waals surface area contributed by atoms with Crippen LogP contribution in [0.3, 0.4) is 0 Å². The second-order valence-electron chi connectivity index (χ2n) is 3.91. The maximum atomic E-state index is 12.7. The minimum Gasteiger partial charge on any atom is -0.396 e. The highest BCUT2D eigenvalue weighted by atomic mass is 19.1. The molecule has 2 rings (SSSR count). The summed E-state index contributed by atoms with van der Waals surface area (Å²) in [6.07, 6.45) is 2.49. The van der Waals surface area contributed by atoms with Gasteiger partial charge in [0.05, 0.1) is 12.7 Å². The third-order valence-corrected chi connectivity index (χ3v) is 2.45. The Bertz CT molecular complexity index is 483. The predicted molar refractivity (Wildman–Crippen MR) is 65.5 cm³/mol.